The first-order valence-electron chi connectivity index (χ1n) is 13.1. The molecule has 0 atom stereocenters. The molecule has 1 saturated heterocycles. The predicted octanol–water partition coefficient (Wildman–Crippen LogP) is 6.41. The van der Waals surface area contributed by atoms with Gasteiger partial charge in [-0.25, -0.2) is 0 Å². The van der Waals surface area contributed by atoms with Crippen molar-refractivity contribution >= 4 is 17.6 Å². The first kappa shape index (κ1) is 27.7. The number of carbonyl (C=O) groups is 2. The van der Waals surface area contributed by atoms with Crippen LogP contribution in [0.5, 0.6) is 0 Å². The lowest BCUT2D eigenvalue weighted by atomic mass is 9.81. The Balaban J connectivity index is 1.43. The Labute approximate surface area is 220 Å². The average Bonchev–Trinajstić information content (AvgIpc) is 2.87. The number of hydrogen-bond donors (Lipinski definition) is 1. The van der Waals surface area contributed by atoms with Gasteiger partial charge in [0.15, 0.2) is 0 Å². The van der Waals surface area contributed by atoms with E-state index in [-0.39, 0.29) is 31.5 Å². The van der Waals surface area contributed by atoms with Crippen LogP contribution in [-0.2, 0) is 28.8 Å². The molecular weight excluding hydrogens is 497 g/mol. The van der Waals surface area contributed by atoms with E-state index in [2.05, 4.69) is 5.16 Å². The van der Waals surface area contributed by atoms with Crippen LogP contribution in [0.25, 0.3) is 0 Å². The molecule has 9 heteroatoms. The smallest absolute Gasteiger partial charge is 0.416 e. The molecular formula is C29H33F3N2O4. The maximum atomic E-state index is 13.8. The van der Waals surface area contributed by atoms with Crippen molar-refractivity contribution in [1.29, 1.82) is 0 Å². The Kier molecular flexibility index (Phi) is 8.43. The van der Waals surface area contributed by atoms with Gasteiger partial charge in [-0.3, -0.25) is 9.59 Å². The van der Waals surface area contributed by atoms with Crippen LogP contribution in [-0.4, -0.2) is 40.7 Å². The zero-order valence-corrected chi connectivity index (χ0v) is 21.7. The quantitative estimate of drug-likeness (QED) is 0.316. The highest BCUT2D eigenvalue weighted by molar-refractivity contribution is 6.01. The van der Waals surface area contributed by atoms with Crippen molar-refractivity contribution in [3.63, 3.8) is 0 Å². The van der Waals surface area contributed by atoms with Crippen molar-refractivity contribution in [3.8, 4) is 0 Å². The number of rotatable bonds is 8. The van der Waals surface area contributed by atoms with E-state index in [4.69, 9.17) is 9.94 Å². The molecule has 2 aromatic carbocycles. The fraction of sp³-hybridized carbons (Fsp3) is 0.483. The number of aliphatic carboxylic acids is 1. The van der Waals surface area contributed by atoms with Gasteiger partial charge in [0.2, 0.25) is 0 Å². The molecule has 0 bridgehead atoms. The molecule has 4 rings (SSSR count). The lowest BCUT2D eigenvalue weighted by molar-refractivity contribution is -0.146. The van der Waals surface area contributed by atoms with Gasteiger partial charge in [-0.2, -0.15) is 13.2 Å². The minimum atomic E-state index is -4.43. The topological polar surface area (TPSA) is 79.2 Å². The van der Waals surface area contributed by atoms with Crippen molar-refractivity contribution in [2.75, 3.05) is 13.1 Å². The number of alkyl halides is 3. The standard InChI is InChI=1S/C29H33F3N2O4/c1-3-20-14-22(10-12-25(20)27(35)34-15-23(16-34)28(36)37)18(2)33-38-17-19-9-11-24(21-7-5-4-6-8-21)26(13-19)29(30,31)32/h9-14,21,23H,3-8,15-17H2,1-2H3,(H,36,37)/b33-18+. The summed E-state index contributed by atoms with van der Waals surface area (Å²) in [6, 6.07) is 9.73. The van der Waals surface area contributed by atoms with E-state index in [0.717, 1.165) is 43.2 Å². The largest absolute Gasteiger partial charge is 0.481 e. The summed E-state index contributed by atoms with van der Waals surface area (Å²) in [5, 5.41) is 13.2. The van der Waals surface area contributed by atoms with Crippen LogP contribution in [0.2, 0.25) is 0 Å². The monoisotopic (exact) mass is 530 g/mol. The number of aryl methyl sites for hydroxylation is 1. The highest BCUT2D eigenvalue weighted by atomic mass is 19.4. The maximum absolute atomic E-state index is 13.8. The first-order chi connectivity index (χ1) is 18.1. The number of carboxylic acids is 1. The van der Waals surface area contributed by atoms with Gasteiger partial charge < -0.3 is 14.8 Å². The Morgan fingerprint density at radius 3 is 2.42 bits per heavy atom. The number of benzene rings is 2. The third kappa shape index (κ3) is 6.19. The fourth-order valence-corrected chi connectivity index (χ4v) is 5.26. The van der Waals surface area contributed by atoms with E-state index in [1.807, 2.05) is 13.0 Å². The molecule has 0 spiro atoms. The number of carboxylic acid groups (broad SMARTS) is 1. The van der Waals surface area contributed by atoms with E-state index >= 15 is 0 Å². The average molecular weight is 531 g/mol. The van der Waals surface area contributed by atoms with Crippen LogP contribution in [0.15, 0.2) is 41.6 Å². The minimum Gasteiger partial charge on any atom is -0.481 e. The van der Waals surface area contributed by atoms with Crippen molar-refractivity contribution in [3.05, 3.63) is 69.8 Å². The minimum absolute atomic E-state index is 0.0575. The SMILES string of the molecule is CCc1cc(/C(C)=N/OCc2ccc(C3CCCCC3)c(C(F)(F)F)c2)ccc1C(=O)N1CC(C(=O)O)C1. The normalized spacial score (nSPS) is 17.3. The molecule has 1 aliphatic carbocycles. The van der Waals surface area contributed by atoms with E-state index in [1.54, 1.807) is 31.2 Å². The summed E-state index contributed by atoms with van der Waals surface area (Å²) in [4.78, 5) is 30.8. The Bertz CT molecular complexity index is 1210. The summed E-state index contributed by atoms with van der Waals surface area (Å²) in [6.07, 6.45) is 0.722. The molecule has 0 unspecified atom stereocenters. The van der Waals surface area contributed by atoms with Crippen LogP contribution in [0.1, 0.15) is 90.0 Å². The third-order valence-corrected chi connectivity index (χ3v) is 7.55. The highest BCUT2D eigenvalue weighted by Gasteiger charge is 2.37. The molecule has 38 heavy (non-hydrogen) atoms. The summed E-state index contributed by atoms with van der Waals surface area (Å²) in [5.74, 6) is -1.68. The van der Waals surface area contributed by atoms with E-state index in [1.165, 1.54) is 11.0 Å². The summed E-state index contributed by atoms with van der Waals surface area (Å²) in [6.45, 7) is 3.96. The number of carbonyl (C=O) groups excluding carboxylic acids is 1. The molecule has 1 aliphatic heterocycles. The van der Waals surface area contributed by atoms with E-state index < -0.39 is 23.6 Å². The number of amides is 1. The Morgan fingerprint density at radius 1 is 1.08 bits per heavy atom. The van der Waals surface area contributed by atoms with Crippen LogP contribution in [0.3, 0.4) is 0 Å². The van der Waals surface area contributed by atoms with Crippen molar-refractivity contribution in [1.82, 2.24) is 4.90 Å². The molecule has 0 radical (unpaired) electrons. The Morgan fingerprint density at radius 2 is 1.79 bits per heavy atom. The molecule has 2 fully saturated rings. The molecule has 2 aromatic rings. The molecule has 0 aromatic heterocycles. The molecule has 1 saturated carbocycles. The van der Waals surface area contributed by atoms with Gasteiger partial charge in [-0.05, 0) is 72.6 Å². The van der Waals surface area contributed by atoms with Crippen LogP contribution in [0.4, 0.5) is 13.2 Å². The van der Waals surface area contributed by atoms with Crippen molar-refractivity contribution in [2.45, 2.75) is 71.1 Å². The molecule has 6 nitrogen and oxygen atoms in total. The van der Waals surface area contributed by atoms with E-state index in [9.17, 15) is 22.8 Å². The van der Waals surface area contributed by atoms with Crippen molar-refractivity contribution < 1.29 is 32.7 Å². The molecule has 204 valence electrons. The second-order valence-electron chi connectivity index (χ2n) is 10.2. The first-order valence-corrected chi connectivity index (χ1v) is 13.1. The van der Waals surface area contributed by atoms with Gasteiger partial charge in [-0.15, -0.1) is 0 Å². The van der Waals surface area contributed by atoms with Gasteiger partial charge in [0.1, 0.15) is 6.61 Å². The molecule has 1 heterocycles. The molecule has 1 amide bonds. The van der Waals surface area contributed by atoms with Gasteiger partial charge in [0.05, 0.1) is 17.2 Å². The second kappa shape index (κ2) is 11.6. The third-order valence-electron chi connectivity index (χ3n) is 7.55. The zero-order chi connectivity index (χ0) is 27.4. The van der Waals surface area contributed by atoms with Crippen LogP contribution >= 0.6 is 0 Å². The number of likely N-dealkylation sites (tertiary alicyclic amines) is 1. The summed E-state index contributed by atoms with van der Waals surface area (Å²) in [5.41, 5.74) is 2.77. The van der Waals surface area contributed by atoms with Gasteiger partial charge in [0, 0.05) is 18.7 Å². The van der Waals surface area contributed by atoms with Crippen molar-refractivity contribution in [2.24, 2.45) is 11.1 Å². The molecule has 2 aliphatic rings. The number of halogens is 3. The lowest BCUT2D eigenvalue weighted by Crippen LogP contribution is -2.53. The fourth-order valence-electron chi connectivity index (χ4n) is 5.26. The second-order valence-corrected chi connectivity index (χ2v) is 10.2. The van der Waals surface area contributed by atoms with Crippen LogP contribution in [0, 0.1) is 5.92 Å². The summed E-state index contributed by atoms with van der Waals surface area (Å²) in [7, 11) is 0. The van der Waals surface area contributed by atoms with Gasteiger partial charge in [-0.1, -0.05) is 49.5 Å². The van der Waals surface area contributed by atoms with Crippen LogP contribution < -0.4 is 0 Å². The van der Waals surface area contributed by atoms with Gasteiger partial charge in [0.25, 0.3) is 5.91 Å². The predicted molar refractivity (Wildman–Crippen MR) is 137 cm³/mol. The Hall–Kier alpha value is -3.36. The number of nitrogens with zero attached hydrogens (tertiary/aromatic N) is 2. The number of oxime groups is 1. The summed E-state index contributed by atoms with van der Waals surface area (Å²) >= 11 is 0. The summed E-state index contributed by atoms with van der Waals surface area (Å²) < 4.78 is 41.5. The number of hydrogen-bond acceptors (Lipinski definition) is 4. The molecule has 1 N–H and O–H groups in total. The zero-order valence-electron chi connectivity index (χ0n) is 21.7. The van der Waals surface area contributed by atoms with Gasteiger partial charge >= 0.3 is 12.1 Å². The lowest BCUT2D eigenvalue weighted by Gasteiger charge is -2.37. The highest BCUT2D eigenvalue weighted by Crippen LogP contribution is 2.41. The maximum Gasteiger partial charge on any atom is 0.416 e. The van der Waals surface area contributed by atoms with E-state index in [0.29, 0.717) is 28.8 Å².